The first-order valence-corrected chi connectivity index (χ1v) is 8.09. The standard InChI is InChI=1S/C19H18N6/c1-20-17-7-3-2-5-15(17)12-22-18-9-8-16(14-6-4-10-21-11-14)19-24-23-13-25(18)19/h2-11,13,20,22H,12H2,1H3. The zero-order valence-electron chi connectivity index (χ0n) is 13.8. The van der Waals surface area contributed by atoms with Crippen LogP contribution in [0.1, 0.15) is 5.56 Å². The fourth-order valence-electron chi connectivity index (χ4n) is 2.91. The molecule has 3 aromatic heterocycles. The summed E-state index contributed by atoms with van der Waals surface area (Å²) in [6, 6.07) is 16.3. The number of hydrogen-bond donors (Lipinski definition) is 2. The minimum Gasteiger partial charge on any atom is -0.388 e. The van der Waals surface area contributed by atoms with Gasteiger partial charge in [0.25, 0.3) is 0 Å². The third kappa shape index (κ3) is 2.89. The quantitative estimate of drug-likeness (QED) is 0.587. The summed E-state index contributed by atoms with van der Waals surface area (Å²) in [6.45, 7) is 0.705. The fraction of sp³-hybridized carbons (Fsp3) is 0.105. The maximum Gasteiger partial charge on any atom is 0.170 e. The van der Waals surface area contributed by atoms with E-state index < -0.39 is 0 Å². The highest BCUT2D eigenvalue weighted by Crippen LogP contribution is 2.26. The molecule has 3 heterocycles. The average Bonchev–Trinajstić information content (AvgIpc) is 3.17. The molecule has 0 saturated heterocycles. The zero-order valence-corrected chi connectivity index (χ0v) is 13.8. The summed E-state index contributed by atoms with van der Waals surface area (Å²) in [5, 5.41) is 15.0. The predicted molar refractivity (Wildman–Crippen MR) is 99.5 cm³/mol. The molecule has 0 radical (unpaired) electrons. The summed E-state index contributed by atoms with van der Waals surface area (Å²) in [7, 11) is 1.93. The lowest BCUT2D eigenvalue weighted by molar-refractivity contribution is 1.06. The largest absolute Gasteiger partial charge is 0.388 e. The van der Waals surface area contributed by atoms with Crippen molar-refractivity contribution < 1.29 is 0 Å². The van der Waals surface area contributed by atoms with E-state index in [2.05, 4.69) is 37.9 Å². The summed E-state index contributed by atoms with van der Waals surface area (Å²) in [5.74, 6) is 0.943. The molecule has 1 aromatic carbocycles. The Kier molecular flexibility index (Phi) is 4.00. The molecule has 0 fully saturated rings. The van der Waals surface area contributed by atoms with Gasteiger partial charge in [0.1, 0.15) is 12.1 Å². The number of benzene rings is 1. The molecule has 124 valence electrons. The van der Waals surface area contributed by atoms with Crippen molar-refractivity contribution in [3.8, 4) is 11.1 Å². The molecule has 0 spiro atoms. The van der Waals surface area contributed by atoms with Gasteiger partial charge >= 0.3 is 0 Å². The van der Waals surface area contributed by atoms with Crippen LogP contribution >= 0.6 is 0 Å². The normalized spacial score (nSPS) is 10.8. The molecule has 0 atom stereocenters. The van der Waals surface area contributed by atoms with Gasteiger partial charge in [-0.2, -0.15) is 0 Å². The smallest absolute Gasteiger partial charge is 0.170 e. The summed E-state index contributed by atoms with van der Waals surface area (Å²) in [4.78, 5) is 4.19. The van der Waals surface area contributed by atoms with Crippen LogP contribution in [-0.2, 0) is 6.54 Å². The van der Waals surface area contributed by atoms with E-state index in [1.54, 1.807) is 12.5 Å². The molecule has 25 heavy (non-hydrogen) atoms. The van der Waals surface area contributed by atoms with E-state index in [9.17, 15) is 0 Å². The van der Waals surface area contributed by atoms with Gasteiger partial charge in [-0.1, -0.05) is 24.3 Å². The number of nitrogens with one attached hydrogen (secondary N) is 2. The monoisotopic (exact) mass is 330 g/mol. The molecular formula is C19H18N6. The second kappa shape index (κ2) is 6.60. The molecule has 4 rings (SSSR count). The third-order valence-corrected chi connectivity index (χ3v) is 4.18. The van der Waals surface area contributed by atoms with Gasteiger partial charge in [0.05, 0.1) is 0 Å². The number of fused-ring (bicyclic) bond motifs is 1. The first-order valence-electron chi connectivity index (χ1n) is 8.09. The van der Waals surface area contributed by atoms with Crippen LogP contribution < -0.4 is 10.6 Å². The molecule has 0 aliphatic rings. The number of aromatic nitrogens is 4. The second-order valence-electron chi connectivity index (χ2n) is 5.66. The van der Waals surface area contributed by atoms with Crippen molar-refractivity contribution in [3.63, 3.8) is 0 Å². The predicted octanol–water partition coefficient (Wildman–Crippen LogP) is 3.45. The molecule has 4 aromatic rings. The highest BCUT2D eigenvalue weighted by Gasteiger charge is 2.10. The Labute approximate surface area is 145 Å². The van der Waals surface area contributed by atoms with Crippen molar-refractivity contribution in [1.29, 1.82) is 0 Å². The van der Waals surface area contributed by atoms with E-state index in [1.165, 1.54) is 5.56 Å². The van der Waals surface area contributed by atoms with Crippen LogP contribution in [0.25, 0.3) is 16.8 Å². The van der Waals surface area contributed by atoms with Crippen LogP contribution in [0.15, 0.2) is 67.3 Å². The number of para-hydroxylation sites is 1. The van der Waals surface area contributed by atoms with Crippen LogP contribution in [-0.4, -0.2) is 26.6 Å². The molecule has 0 aliphatic heterocycles. The van der Waals surface area contributed by atoms with Crippen LogP contribution in [0, 0.1) is 0 Å². The van der Waals surface area contributed by atoms with E-state index in [0.29, 0.717) is 6.54 Å². The SMILES string of the molecule is CNc1ccccc1CNc1ccc(-c2cccnc2)c2nncn12. The van der Waals surface area contributed by atoms with E-state index in [1.807, 2.05) is 54.0 Å². The van der Waals surface area contributed by atoms with Crippen molar-refractivity contribution in [3.05, 3.63) is 72.8 Å². The Morgan fingerprint density at radius 3 is 2.80 bits per heavy atom. The van der Waals surface area contributed by atoms with Gasteiger partial charge in [-0.15, -0.1) is 10.2 Å². The molecule has 0 saturated carbocycles. The topological polar surface area (TPSA) is 67.1 Å². The minimum atomic E-state index is 0.705. The van der Waals surface area contributed by atoms with Crippen molar-refractivity contribution in [2.24, 2.45) is 0 Å². The molecule has 0 unspecified atom stereocenters. The first kappa shape index (κ1) is 15.1. The van der Waals surface area contributed by atoms with Gasteiger partial charge in [0.15, 0.2) is 5.65 Å². The van der Waals surface area contributed by atoms with Gasteiger partial charge < -0.3 is 10.6 Å². The van der Waals surface area contributed by atoms with Crippen molar-refractivity contribution in [2.75, 3.05) is 17.7 Å². The van der Waals surface area contributed by atoms with Crippen molar-refractivity contribution >= 4 is 17.2 Å². The molecule has 6 heteroatoms. The summed E-state index contributed by atoms with van der Waals surface area (Å²) < 4.78 is 1.96. The summed E-state index contributed by atoms with van der Waals surface area (Å²) in [5.41, 5.74) is 5.14. The highest BCUT2D eigenvalue weighted by atomic mass is 15.3. The average molecular weight is 330 g/mol. The molecule has 6 nitrogen and oxygen atoms in total. The maximum absolute atomic E-state index is 4.28. The minimum absolute atomic E-state index is 0.705. The molecule has 0 bridgehead atoms. The van der Waals surface area contributed by atoms with E-state index in [-0.39, 0.29) is 0 Å². The maximum atomic E-state index is 4.28. The number of pyridine rings is 2. The van der Waals surface area contributed by atoms with E-state index in [0.717, 1.165) is 28.3 Å². The molecule has 0 amide bonds. The van der Waals surface area contributed by atoms with Gasteiger partial charge in [-0.05, 0) is 29.8 Å². The lowest BCUT2D eigenvalue weighted by atomic mass is 10.1. The zero-order chi connectivity index (χ0) is 17.1. The first-order chi connectivity index (χ1) is 12.4. The molecular weight excluding hydrogens is 312 g/mol. The van der Waals surface area contributed by atoms with E-state index >= 15 is 0 Å². The molecule has 0 aliphatic carbocycles. The van der Waals surface area contributed by atoms with Crippen LogP contribution in [0.5, 0.6) is 0 Å². The Hall–Kier alpha value is -3.41. The van der Waals surface area contributed by atoms with Crippen LogP contribution in [0.2, 0.25) is 0 Å². The highest BCUT2D eigenvalue weighted by molar-refractivity contribution is 5.78. The second-order valence-corrected chi connectivity index (χ2v) is 5.66. The van der Waals surface area contributed by atoms with E-state index in [4.69, 9.17) is 0 Å². The fourth-order valence-corrected chi connectivity index (χ4v) is 2.91. The number of hydrogen-bond acceptors (Lipinski definition) is 5. The number of anilines is 2. The van der Waals surface area contributed by atoms with Gasteiger partial charge in [0.2, 0.25) is 0 Å². The van der Waals surface area contributed by atoms with Crippen LogP contribution in [0.4, 0.5) is 11.5 Å². The van der Waals surface area contributed by atoms with Crippen molar-refractivity contribution in [1.82, 2.24) is 19.6 Å². The number of nitrogens with zero attached hydrogens (tertiary/aromatic N) is 4. The summed E-state index contributed by atoms with van der Waals surface area (Å²) in [6.07, 6.45) is 5.32. The number of rotatable bonds is 5. The van der Waals surface area contributed by atoms with Crippen LogP contribution in [0.3, 0.4) is 0 Å². The Bertz CT molecular complexity index is 993. The Morgan fingerprint density at radius 2 is 1.96 bits per heavy atom. The van der Waals surface area contributed by atoms with Gasteiger partial charge in [-0.3, -0.25) is 9.38 Å². The lowest BCUT2D eigenvalue weighted by Gasteiger charge is -2.13. The van der Waals surface area contributed by atoms with Gasteiger partial charge in [-0.25, -0.2) is 0 Å². The molecule has 2 N–H and O–H groups in total. The van der Waals surface area contributed by atoms with Crippen molar-refractivity contribution in [2.45, 2.75) is 6.54 Å². The summed E-state index contributed by atoms with van der Waals surface area (Å²) >= 11 is 0. The van der Waals surface area contributed by atoms with Gasteiger partial charge in [0, 0.05) is 42.8 Å². The Balaban J connectivity index is 1.67. The lowest BCUT2D eigenvalue weighted by Crippen LogP contribution is -2.06. The third-order valence-electron chi connectivity index (χ3n) is 4.18. The Morgan fingerprint density at radius 1 is 1.04 bits per heavy atom.